The van der Waals surface area contributed by atoms with E-state index in [9.17, 15) is 0 Å². The van der Waals surface area contributed by atoms with Crippen molar-refractivity contribution in [2.24, 2.45) is 0 Å². The van der Waals surface area contributed by atoms with Gasteiger partial charge in [-0.25, -0.2) is 0 Å². The molecule has 3 heteroatoms. The van der Waals surface area contributed by atoms with E-state index in [2.05, 4.69) is 27.1 Å². The molecule has 0 amide bonds. The predicted octanol–water partition coefficient (Wildman–Crippen LogP) is 0.931. The van der Waals surface area contributed by atoms with Crippen molar-refractivity contribution in [2.75, 3.05) is 0 Å². The maximum atomic E-state index is 4.10. The Morgan fingerprint density at radius 2 is 2.33 bits per heavy atom. The molecule has 0 aromatic heterocycles. The fourth-order valence-corrected chi connectivity index (χ4v) is 2.60. The van der Waals surface area contributed by atoms with Crippen molar-refractivity contribution in [1.82, 2.24) is 0 Å². The molecule has 0 rings (SSSR count). The van der Waals surface area contributed by atoms with Crippen molar-refractivity contribution in [3.63, 3.8) is 0 Å². The first-order valence-electron chi connectivity index (χ1n) is 1.76. The summed E-state index contributed by atoms with van der Waals surface area (Å²) in [6, 6.07) is 0. The van der Waals surface area contributed by atoms with E-state index >= 15 is 0 Å². The minimum atomic E-state index is 0.601. The van der Waals surface area contributed by atoms with Gasteiger partial charge in [0.1, 0.15) is 0 Å². The van der Waals surface area contributed by atoms with Crippen molar-refractivity contribution < 1.29 is 0 Å². The molecule has 6 heavy (non-hydrogen) atoms. The molecule has 0 N–H and O–H groups in total. The molecule has 0 spiro atoms. The standard InChI is InChI=1S/C3H8SSe2/c4-6-3-1-2-5/h4-5H,1-3H2/p-1. The van der Waals surface area contributed by atoms with E-state index in [0.29, 0.717) is 13.8 Å². The second kappa shape index (κ2) is 6.39. The minimum absolute atomic E-state index is 0.601. The van der Waals surface area contributed by atoms with Gasteiger partial charge in [0.25, 0.3) is 0 Å². The first-order chi connectivity index (χ1) is 2.91. The molecule has 0 atom stereocenters. The summed E-state index contributed by atoms with van der Waals surface area (Å²) >= 11 is 7.66. The Morgan fingerprint density at radius 3 is 2.50 bits per heavy atom. The van der Waals surface area contributed by atoms with Crippen LogP contribution in [-0.4, -0.2) is 29.8 Å². The molecule has 0 aliphatic rings. The first-order valence-corrected chi connectivity index (χ1v) is 6.85. The summed E-state index contributed by atoms with van der Waals surface area (Å²) in [5.41, 5.74) is 0. The molecule has 0 radical (unpaired) electrons. The van der Waals surface area contributed by atoms with Crippen molar-refractivity contribution >= 4 is 40.9 Å². The Kier molecular flexibility index (Phi) is 7.87. The number of rotatable bonds is 3. The molecule has 0 fully saturated rings. The Balaban J connectivity index is 2.34. The van der Waals surface area contributed by atoms with Crippen LogP contribution in [0.25, 0.3) is 0 Å². The van der Waals surface area contributed by atoms with E-state index in [0.717, 1.165) is 0 Å². The third-order valence-electron chi connectivity index (χ3n) is 0.380. The molecular formula is C3H7SSe2-. The molecule has 0 aromatic rings. The fraction of sp³-hybridized carbons (Fsp3) is 1.00. The van der Waals surface area contributed by atoms with E-state index in [1.807, 2.05) is 0 Å². The molecule has 0 aliphatic heterocycles. The van der Waals surface area contributed by atoms with Gasteiger partial charge in [-0.3, -0.25) is 0 Å². The summed E-state index contributed by atoms with van der Waals surface area (Å²) in [4.78, 5) is 0. The van der Waals surface area contributed by atoms with Gasteiger partial charge in [0, 0.05) is 0 Å². The summed E-state index contributed by atoms with van der Waals surface area (Å²) in [6.07, 6.45) is 1.31. The fourth-order valence-electron chi connectivity index (χ4n) is 0.123. The predicted molar refractivity (Wildman–Crippen MR) is 34.7 cm³/mol. The molecule has 0 saturated carbocycles. The quantitative estimate of drug-likeness (QED) is 0.418. The van der Waals surface area contributed by atoms with Crippen LogP contribution in [0.2, 0.25) is 10.6 Å². The Morgan fingerprint density at radius 1 is 1.67 bits per heavy atom. The average molecular weight is 233 g/mol. The molecular weight excluding hydrogens is 226 g/mol. The van der Waals surface area contributed by atoms with E-state index in [4.69, 9.17) is 0 Å². The third kappa shape index (κ3) is 5.39. The summed E-state index contributed by atoms with van der Waals surface area (Å²) in [7, 11) is 0. The van der Waals surface area contributed by atoms with Gasteiger partial charge in [-0.2, -0.15) is 0 Å². The second-order valence-electron chi connectivity index (χ2n) is 0.891. The molecule has 0 saturated heterocycles. The van der Waals surface area contributed by atoms with E-state index < -0.39 is 0 Å². The molecule has 0 heterocycles. The zero-order valence-electron chi connectivity index (χ0n) is 3.39. The first kappa shape index (κ1) is 7.39. The average Bonchev–Trinajstić information content (AvgIpc) is 1.61. The van der Waals surface area contributed by atoms with Crippen LogP contribution in [-0.2, 0) is 0 Å². The molecule has 0 unspecified atom stereocenters. The van der Waals surface area contributed by atoms with Crippen molar-refractivity contribution in [3.8, 4) is 0 Å². The van der Waals surface area contributed by atoms with Gasteiger partial charge in [-0.05, 0) is 0 Å². The summed E-state index contributed by atoms with van der Waals surface area (Å²) in [5.74, 6) is 0. The zero-order chi connectivity index (χ0) is 4.83. The van der Waals surface area contributed by atoms with Gasteiger partial charge in [-0.15, -0.1) is 0 Å². The van der Waals surface area contributed by atoms with Crippen molar-refractivity contribution in [1.29, 1.82) is 0 Å². The van der Waals surface area contributed by atoms with E-state index in [1.54, 1.807) is 0 Å². The summed E-state index contributed by atoms with van der Waals surface area (Å²) in [6.45, 7) is 0. The van der Waals surface area contributed by atoms with Crippen molar-refractivity contribution in [3.05, 3.63) is 0 Å². The van der Waals surface area contributed by atoms with Crippen LogP contribution in [0.3, 0.4) is 0 Å². The SMILES string of the molecule is S[Se]CCC[Se-]. The normalized spacial score (nSPS) is 9.00. The van der Waals surface area contributed by atoms with Gasteiger partial charge >= 0.3 is 58.0 Å². The second-order valence-corrected chi connectivity index (χ2v) is 4.49. The molecule has 0 nitrogen and oxygen atoms in total. The number of hydrogen-bond acceptors (Lipinski definition) is 1. The van der Waals surface area contributed by atoms with Crippen LogP contribution in [0.1, 0.15) is 6.42 Å². The van der Waals surface area contributed by atoms with Gasteiger partial charge in [0.15, 0.2) is 0 Å². The molecule has 0 aromatic carbocycles. The number of hydrogen-bond donors (Lipinski definition) is 1. The van der Waals surface area contributed by atoms with Crippen LogP contribution in [0.4, 0.5) is 0 Å². The molecule has 38 valence electrons. The van der Waals surface area contributed by atoms with Crippen LogP contribution in [0, 0.1) is 0 Å². The van der Waals surface area contributed by atoms with Crippen LogP contribution < -0.4 is 0 Å². The monoisotopic (exact) mass is 235 g/mol. The summed E-state index contributed by atoms with van der Waals surface area (Å²) < 4.78 is 0. The van der Waals surface area contributed by atoms with Crippen molar-refractivity contribution in [2.45, 2.75) is 17.1 Å². The topological polar surface area (TPSA) is 0 Å². The van der Waals surface area contributed by atoms with E-state index in [1.165, 1.54) is 17.1 Å². The molecule has 0 aliphatic carbocycles. The van der Waals surface area contributed by atoms with E-state index in [-0.39, 0.29) is 0 Å². The van der Waals surface area contributed by atoms with Crippen LogP contribution >= 0.6 is 11.0 Å². The number of thiol groups is 1. The van der Waals surface area contributed by atoms with Crippen LogP contribution in [0.5, 0.6) is 0 Å². The maximum absolute atomic E-state index is 4.10. The summed E-state index contributed by atoms with van der Waals surface area (Å²) in [5, 5.41) is 2.51. The molecule has 0 bridgehead atoms. The van der Waals surface area contributed by atoms with Gasteiger partial charge in [-0.1, -0.05) is 0 Å². The zero-order valence-corrected chi connectivity index (χ0v) is 7.71. The third-order valence-corrected chi connectivity index (χ3v) is 2.92. The Hall–Kier alpha value is 1.39. The Bertz CT molecular complexity index is 20.8. The van der Waals surface area contributed by atoms with Gasteiger partial charge in [0.05, 0.1) is 0 Å². The Labute approximate surface area is 57.9 Å². The van der Waals surface area contributed by atoms with Gasteiger partial charge < -0.3 is 0 Å². The van der Waals surface area contributed by atoms with Crippen LogP contribution in [0.15, 0.2) is 0 Å². The van der Waals surface area contributed by atoms with Gasteiger partial charge in [0.2, 0.25) is 0 Å².